The minimum Gasteiger partial charge on any atom is -0.459 e. The Kier molecular flexibility index (Phi) is 6.26. The summed E-state index contributed by atoms with van der Waals surface area (Å²) in [5.74, 6) is -2.15. The number of esters is 1. The van der Waals surface area contributed by atoms with Crippen LogP contribution < -0.4 is 16.4 Å². The fourth-order valence-corrected chi connectivity index (χ4v) is 2.69. The van der Waals surface area contributed by atoms with Crippen molar-refractivity contribution in [3.63, 3.8) is 0 Å². The molecule has 156 valence electrons. The number of carbonyl (C=O) groups excluding carboxylic acids is 3. The van der Waals surface area contributed by atoms with Gasteiger partial charge in [0.1, 0.15) is 0 Å². The third kappa shape index (κ3) is 4.72. The van der Waals surface area contributed by atoms with Gasteiger partial charge in [0.25, 0.3) is 11.5 Å². The molecule has 0 unspecified atom stereocenters. The number of benzene rings is 1. The number of hydrazine groups is 1. The molecule has 2 amide bonds. The Balaban J connectivity index is 1.70. The van der Waals surface area contributed by atoms with Crippen molar-refractivity contribution in [2.75, 3.05) is 6.61 Å². The van der Waals surface area contributed by atoms with Crippen molar-refractivity contribution in [2.45, 2.75) is 20.4 Å². The number of furan rings is 1. The molecule has 10 nitrogen and oxygen atoms in total. The van der Waals surface area contributed by atoms with E-state index in [9.17, 15) is 19.2 Å². The van der Waals surface area contributed by atoms with Gasteiger partial charge in [-0.2, -0.15) is 5.10 Å². The van der Waals surface area contributed by atoms with Gasteiger partial charge in [-0.1, -0.05) is 32.0 Å². The minimum absolute atomic E-state index is 0.00961. The highest BCUT2D eigenvalue weighted by Crippen LogP contribution is 2.14. The summed E-state index contributed by atoms with van der Waals surface area (Å²) in [6, 6.07) is 9.49. The van der Waals surface area contributed by atoms with Gasteiger partial charge in [-0.3, -0.25) is 25.2 Å². The molecule has 0 atom stereocenters. The Morgan fingerprint density at radius 2 is 1.83 bits per heavy atom. The topological polar surface area (TPSA) is 133 Å². The average Bonchev–Trinajstić information content (AvgIpc) is 3.27. The van der Waals surface area contributed by atoms with Crippen molar-refractivity contribution >= 4 is 28.6 Å². The van der Waals surface area contributed by atoms with Gasteiger partial charge in [-0.05, 0) is 24.1 Å². The monoisotopic (exact) mass is 412 g/mol. The first-order valence-electron chi connectivity index (χ1n) is 9.16. The first-order valence-corrected chi connectivity index (χ1v) is 9.16. The normalized spacial score (nSPS) is 10.8. The number of ether oxygens (including phenoxy) is 1. The molecule has 1 aromatic carbocycles. The zero-order chi connectivity index (χ0) is 21.7. The largest absolute Gasteiger partial charge is 0.459 e. The summed E-state index contributed by atoms with van der Waals surface area (Å²) in [5.41, 5.74) is 3.86. The van der Waals surface area contributed by atoms with Gasteiger partial charge in [0.05, 0.1) is 11.6 Å². The highest BCUT2D eigenvalue weighted by molar-refractivity contribution is 6.02. The molecule has 30 heavy (non-hydrogen) atoms. The van der Waals surface area contributed by atoms with Crippen LogP contribution in [0.5, 0.6) is 0 Å². The number of carbonyl (C=O) groups is 3. The van der Waals surface area contributed by atoms with Crippen molar-refractivity contribution in [3.8, 4) is 0 Å². The number of nitrogens with one attached hydrogen (secondary N) is 2. The average molecular weight is 412 g/mol. The first kappa shape index (κ1) is 20.8. The Labute approximate surface area is 170 Å². The van der Waals surface area contributed by atoms with Crippen LogP contribution in [0.25, 0.3) is 10.8 Å². The Morgan fingerprint density at radius 3 is 2.50 bits per heavy atom. The number of nitrogens with zero attached hydrogens (tertiary/aromatic N) is 2. The van der Waals surface area contributed by atoms with Gasteiger partial charge in [0.15, 0.2) is 18.1 Å². The van der Waals surface area contributed by atoms with Gasteiger partial charge in [-0.15, -0.1) is 0 Å². The fourth-order valence-electron chi connectivity index (χ4n) is 2.69. The lowest BCUT2D eigenvalue weighted by Gasteiger charge is -2.12. The molecule has 0 saturated heterocycles. The maximum Gasteiger partial charge on any atom is 0.359 e. The molecule has 0 radical (unpaired) electrons. The molecule has 0 bridgehead atoms. The summed E-state index contributed by atoms with van der Waals surface area (Å²) in [7, 11) is 0. The lowest BCUT2D eigenvalue weighted by atomic mass is 10.1. The van der Waals surface area contributed by atoms with E-state index in [2.05, 4.69) is 16.0 Å². The maximum atomic E-state index is 12.6. The highest BCUT2D eigenvalue weighted by Gasteiger charge is 2.19. The predicted molar refractivity (Wildman–Crippen MR) is 105 cm³/mol. The van der Waals surface area contributed by atoms with Crippen molar-refractivity contribution in [2.24, 2.45) is 5.92 Å². The van der Waals surface area contributed by atoms with Crippen LogP contribution in [0.4, 0.5) is 0 Å². The molecule has 3 aromatic rings. The number of aromatic nitrogens is 2. The number of fused-ring (bicyclic) bond motifs is 1. The molecule has 0 aliphatic heterocycles. The second-order valence-electron chi connectivity index (χ2n) is 6.83. The molecular weight excluding hydrogens is 392 g/mol. The zero-order valence-corrected chi connectivity index (χ0v) is 16.4. The van der Waals surface area contributed by atoms with Crippen LogP contribution in [0.1, 0.15) is 34.9 Å². The molecule has 0 aliphatic carbocycles. The predicted octanol–water partition coefficient (Wildman–Crippen LogP) is 1.26. The van der Waals surface area contributed by atoms with Gasteiger partial charge < -0.3 is 9.15 Å². The molecule has 0 saturated carbocycles. The summed E-state index contributed by atoms with van der Waals surface area (Å²) in [4.78, 5) is 48.7. The van der Waals surface area contributed by atoms with Crippen LogP contribution in [-0.2, 0) is 16.1 Å². The van der Waals surface area contributed by atoms with Gasteiger partial charge in [-0.25, -0.2) is 9.48 Å². The highest BCUT2D eigenvalue weighted by atomic mass is 16.5. The van der Waals surface area contributed by atoms with Crippen LogP contribution in [0, 0.1) is 5.92 Å². The SMILES string of the molecule is CC(C)Cn1nc(C(=O)OCC(=O)NNC(=O)c2ccco2)c2ccccc2c1=O. The van der Waals surface area contributed by atoms with Gasteiger partial charge in [0, 0.05) is 11.9 Å². The summed E-state index contributed by atoms with van der Waals surface area (Å²) in [6.45, 7) is 3.51. The zero-order valence-electron chi connectivity index (χ0n) is 16.4. The lowest BCUT2D eigenvalue weighted by molar-refractivity contribution is -0.125. The van der Waals surface area contributed by atoms with Crippen LogP contribution in [0.3, 0.4) is 0 Å². The molecule has 2 N–H and O–H groups in total. The lowest BCUT2D eigenvalue weighted by Crippen LogP contribution is -2.43. The van der Waals surface area contributed by atoms with Crippen molar-refractivity contribution in [1.29, 1.82) is 0 Å². The molecular formula is C20H20N4O6. The molecule has 0 aliphatic rings. The van der Waals surface area contributed by atoms with E-state index in [1.165, 1.54) is 23.1 Å². The third-order valence-electron chi connectivity index (χ3n) is 3.99. The van der Waals surface area contributed by atoms with E-state index in [1.807, 2.05) is 13.8 Å². The van der Waals surface area contributed by atoms with E-state index < -0.39 is 24.4 Å². The van der Waals surface area contributed by atoms with Crippen LogP contribution in [0.15, 0.2) is 51.9 Å². The van der Waals surface area contributed by atoms with E-state index in [-0.39, 0.29) is 22.9 Å². The molecule has 0 fully saturated rings. The van der Waals surface area contributed by atoms with Crippen molar-refractivity contribution < 1.29 is 23.5 Å². The fraction of sp³-hybridized carbons (Fsp3) is 0.250. The molecule has 2 aromatic heterocycles. The van der Waals surface area contributed by atoms with Gasteiger partial charge in [0.2, 0.25) is 0 Å². The van der Waals surface area contributed by atoms with E-state index in [0.717, 1.165) is 0 Å². The summed E-state index contributed by atoms with van der Waals surface area (Å²) in [5, 5.41) is 4.80. The quantitative estimate of drug-likeness (QED) is 0.460. The standard InChI is InChI=1S/C20H20N4O6/c1-12(2)10-24-19(27)14-7-4-3-6-13(14)17(23-24)20(28)30-11-16(25)21-22-18(26)15-8-5-9-29-15/h3-9,12H,10-11H2,1-2H3,(H,21,25)(H,22,26). The third-order valence-corrected chi connectivity index (χ3v) is 3.99. The summed E-state index contributed by atoms with van der Waals surface area (Å²) in [6.07, 6.45) is 1.31. The molecule has 10 heteroatoms. The van der Waals surface area contributed by atoms with Crippen LogP contribution in [0.2, 0.25) is 0 Å². The Bertz CT molecular complexity index is 1130. The van der Waals surface area contributed by atoms with E-state index in [4.69, 9.17) is 9.15 Å². The molecule has 3 rings (SSSR count). The van der Waals surface area contributed by atoms with Crippen molar-refractivity contribution in [1.82, 2.24) is 20.6 Å². The smallest absolute Gasteiger partial charge is 0.359 e. The maximum absolute atomic E-state index is 12.6. The Hall–Kier alpha value is -3.95. The van der Waals surface area contributed by atoms with Crippen LogP contribution in [-0.4, -0.2) is 34.2 Å². The number of amides is 2. The second kappa shape index (κ2) is 9.03. The second-order valence-corrected chi connectivity index (χ2v) is 6.83. The van der Waals surface area contributed by atoms with Crippen LogP contribution >= 0.6 is 0 Å². The summed E-state index contributed by atoms with van der Waals surface area (Å²) >= 11 is 0. The number of rotatable bonds is 6. The number of hydrogen-bond donors (Lipinski definition) is 2. The molecule has 0 spiro atoms. The van der Waals surface area contributed by atoms with E-state index in [0.29, 0.717) is 17.3 Å². The summed E-state index contributed by atoms with van der Waals surface area (Å²) < 4.78 is 11.1. The van der Waals surface area contributed by atoms with E-state index in [1.54, 1.807) is 24.3 Å². The van der Waals surface area contributed by atoms with E-state index >= 15 is 0 Å². The van der Waals surface area contributed by atoms with Crippen molar-refractivity contribution in [3.05, 3.63) is 64.5 Å². The number of hydrogen-bond acceptors (Lipinski definition) is 7. The van der Waals surface area contributed by atoms with Gasteiger partial charge >= 0.3 is 11.9 Å². The molecule has 2 heterocycles. The first-order chi connectivity index (χ1) is 14.4. The minimum atomic E-state index is -0.865. The Morgan fingerprint density at radius 1 is 1.10 bits per heavy atom.